The molecule has 126 valence electrons. The number of unbranched alkanes of at least 4 members (excludes halogenated alkanes) is 1. The standard InChI is InChI=1S/C19H19Cl2NO2/c1-2-3-12-24-18-7-5-4-6-17(18)22-19(23)11-9-14-8-10-15(20)13-16(14)21/h4-11,13H,2-3,12H2,1H3,(H,22,23)/b11-9+. The van der Waals surface area contributed by atoms with Gasteiger partial charge in [0.1, 0.15) is 5.75 Å². The van der Waals surface area contributed by atoms with Crippen LogP contribution >= 0.6 is 23.2 Å². The second-order valence-electron chi connectivity index (χ2n) is 5.19. The van der Waals surface area contributed by atoms with Gasteiger partial charge in [0.15, 0.2) is 0 Å². The van der Waals surface area contributed by atoms with Crippen LogP contribution in [0.15, 0.2) is 48.5 Å². The average Bonchev–Trinajstić information content (AvgIpc) is 2.56. The molecule has 0 aliphatic rings. The highest BCUT2D eigenvalue weighted by Crippen LogP contribution is 2.25. The van der Waals surface area contributed by atoms with Gasteiger partial charge in [-0.3, -0.25) is 4.79 Å². The zero-order chi connectivity index (χ0) is 17.4. The number of halogens is 2. The predicted octanol–water partition coefficient (Wildman–Crippen LogP) is 5.82. The third-order valence-electron chi connectivity index (χ3n) is 3.28. The second kappa shape index (κ2) is 9.36. The SMILES string of the molecule is CCCCOc1ccccc1NC(=O)/C=C/c1ccc(Cl)cc1Cl. The maximum Gasteiger partial charge on any atom is 0.248 e. The Hall–Kier alpha value is -1.97. The van der Waals surface area contributed by atoms with Crippen LogP contribution in [0.1, 0.15) is 25.3 Å². The first kappa shape index (κ1) is 18.4. The van der Waals surface area contributed by atoms with Gasteiger partial charge < -0.3 is 10.1 Å². The number of amides is 1. The molecular formula is C19H19Cl2NO2. The van der Waals surface area contributed by atoms with Gasteiger partial charge in [-0.25, -0.2) is 0 Å². The summed E-state index contributed by atoms with van der Waals surface area (Å²) in [5.41, 5.74) is 1.37. The Morgan fingerprint density at radius 3 is 2.75 bits per heavy atom. The molecule has 0 saturated heterocycles. The zero-order valence-electron chi connectivity index (χ0n) is 13.4. The van der Waals surface area contributed by atoms with Crippen molar-refractivity contribution in [3.05, 3.63) is 64.1 Å². The van der Waals surface area contributed by atoms with Gasteiger partial charge in [-0.2, -0.15) is 0 Å². The van der Waals surface area contributed by atoms with Crippen molar-refractivity contribution in [3.8, 4) is 5.75 Å². The van der Waals surface area contributed by atoms with Crippen molar-refractivity contribution in [1.29, 1.82) is 0 Å². The lowest BCUT2D eigenvalue weighted by atomic mass is 10.2. The molecule has 2 aromatic rings. The molecule has 1 amide bonds. The van der Waals surface area contributed by atoms with Crippen molar-refractivity contribution in [2.45, 2.75) is 19.8 Å². The van der Waals surface area contributed by atoms with E-state index in [1.165, 1.54) is 6.08 Å². The van der Waals surface area contributed by atoms with Crippen molar-refractivity contribution in [2.75, 3.05) is 11.9 Å². The quantitative estimate of drug-likeness (QED) is 0.496. The van der Waals surface area contributed by atoms with E-state index in [4.69, 9.17) is 27.9 Å². The molecule has 0 fully saturated rings. The van der Waals surface area contributed by atoms with Gasteiger partial charge in [0, 0.05) is 16.1 Å². The molecule has 0 saturated carbocycles. The lowest BCUT2D eigenvalue weighted by Gasteiger charge is -2.11. The summed E-state index contributed by atoms with van der Waals surface area (Å²) in [6.07, 6.45) is 5.10. The summed E-state index contributed by atoms with van der Waals surface area (Å²) in [5.74, 6) is 0.407. The molecule has 0 bridgehead atoms. The fourth-order valence-corrected chi connectivity index (χ4v) is 2.47. The predicted molar refractivity (Wildman–Crippen MR) is 101 cm³/mol. The summed E-state index contributed by atoms with van der Waals surface area (Å²) < 4.78 is 5.70. The number of hydrogen-bond donors (Lipinski definition) is 1. The minimum absolute atomic E-state index is 0.257. The van der Waals surface area contributed by atoms with E-state index >= 15 is 0 Å². The number of carbonyl (C=O) groups excluding carboxylic acids is 1. The van der Waals surface area contributed by atoms with Crippen molar-refractivity contribution < 1.29 is 9.53 Å². The van der Waals surface area contributed by atoms with Gasteiger partial charge in [-0.15, -0.1) is 0 Å². The van der Waals surface area contributed by atoms with E-state index < -0.39 is 0 Å². The Balaban J connectivity index is 2.03. The highest BCUT2D eigenvalue weighted by Gasteiger charge is 2.06. The molecule has 0 aliphatic carbocycles. The average molecular weight is 364 g/mol. The third-order valence-corrected chi connectivity index (χ3v) is 3.84. The Bertz CT molecular complexity index is 729. The van der Waals surface area contributed by atoms with Crippen LogP contribution < -0.4 is 10.1 Å². The van der Waals surface area contributed by atoms with Gasteiger partial charge in [0.2, 0.25) is 5.91 Å². The highest BCUT2D eigenvalue weighted by molar-refractivity contribution is 6.35. The molecule has 1 N–H and O–H groups in total. The van der Waals surface area contributed by atoms with Crippen LogP contribution in [0.25, 0.3) is 6.08 Å². The number of carbonyl (C=O) groups is 1. The highest BCUT2D eigenvalue weighted by atomic mass is 35.5. The van der Waals surface area contributed by atoms with Crippen LogP contribution in [0.5, 0.6) is 5.75 Å². The molecule has 0 aliphatic heterocycles. The largest absolute Gasteiger partial charge is 0.491 e. The number of hydrogen-bond acceptors (Lipinski definition) is 2. The number of para-hydroxylation sites is 2. The fourth-order valence-electron chi connectivity index (χ4n) is 2.00. The number of anilines is 1. The molecule has 24 heavy (non-hydrogen) atoms. The van der Waals surface area contributed by atoms with E-state index in [-0.39, 0.29) is 5.91 Å². The maximum atomic E-state index is 12.1. The summed E-state index contributed by atoms with van der Waals surface area (Å²) >= 11 is 11.9. The molecular weight excluding hydrogens is 345 g/mol. The van der Waals surface area contributed by atoms with E-state index in [0.29, 0.717) is 28.1 Å². The smallest absolute Gasteiger partial charge is 0.248 e. The molecule has 0 spiro atoms. The number of ether oxygens (including phenoxy) is 1. The topological polar surface area (TPSA) is 38.3 Å². The van der Waals surface area contributed by atoms with Gasteiger partial charge in [-0.05, 0) is 42.3 Å². The summed E-state index contributed by atoms with van der Waals surface area (Å²) in [7, 11) is 0. The molecule has 0 radical (unpaired) electrons. The molecule has 2 rings (SSSR count). The minimum Gasteiger partial charge on any atom is -0.491 e. The van der Waals surface area contributed by atoms with E-state index in [1.54, 1.807) is 24.3 Å². The summed E-state index contributed by atoms with van der Waals surface area (Å²) in [6.45, 7) is 2.73. The van der Waals surface area contributed by atoms with Crippen molar-refractivity contribution in [1.82, 2.24) is 0 Å². The van der Waals surface area contributed by atoms with Gasteiger partial charge in [0.05, 0.1) is 12.3 Å². The molecule has 2 aromatic carbocycles. The van der Waals surface area contributed by atoms with Crippen LogP contribution in [0.3, 0.4) is 0 Å². The van der Waals surface area contributed by atoms with Crippen molar-refractivity contribution in [3.63, 3.8) is 0 Å². The first-order valence-electron chi connectivity index (χ1n) is 7.76. The van der Waals surface area contributed by atoms with E-state index in [0.717, 1.165) is 18.4 Å². The van der Waals surface area contributed by atoms with Crippen LogP contribution in [-0.2, 0) is 4.79 Å². The Morgan fingerprint density at radius 2 is 2.00 bits per heavy atom. The second-order valence-corrected chi connectivity index (χ2v) is 6.03. The first-order chi connectivity index (χ1) is 11.6. The van der Waals surface area contributed by atoms with Gasteiger partial charge in [-0.1, -0.05) is 54.7 Å². The summed E-state index contributed by atoms with van der Waals surface area (Å²) in [5, 5.41) is 3.87. The molecule has 5 heteroatoms. The molecule has 3 nitrogen and oxygen atoms in total. The summed E-state index contributed by atoms with van der Waals surface area (Å²) in [4.78, 5) is 12.1. The maximum absolute atomic E-state index is 12.1. The monoisotopic (exact) mass is 363 g/mol. The van der Waals surface area contributed by atoms with Gasteiger partial charge in [0.25, 0.3) is 0 Å². The molecule has 0 unspecified atom stereocenters. The summed E-state index contributed by atoms with van der Waals surface area (Å²) in [6, 6.07) is 12.5. The Labute approximate surface area is 152 Å². The van der Waals surface area contributed by atoms with E-state index in [2.05, 4.69) is 12.2 Å². The van der Waals surface area contributed by atoms with E-state index in [1.807, 2.05) is 24.3 Å². The van der Waals surface area contributed by atoms with Crippen LogP contribution in [-0.4, -0.2) is 12.5 Å². The normalized spacial score (nSPS) is 10.8. The Morgan fingerprint density at radius 1 is 1.21 bits per heavy atom. The molecule has 0 heterocycles. The third kappa shape index (κ3) is 5.59. The first-order valence-corrected chi connectivity index (χ1v) is 8.51. The van der Waals surface area contributed by atoms with Crippen molar-refractivity contribution >= 4 is 40.9 Å². The zero-order valence-corrected chi connectivity index (χ0v) is 14.9. The number of nitrogens with one attached hydrogen (secondary N) is 1. The van der Waals surface area contributed by atoms with E-state index in [9.17, 15) is 4.79 Å². The van der Waals surface area contributed by atoms with Crippen molar-refractivity contribution in [2.24, 2.45) is 0 Å². The lowest BCUT2D eigenvalue weighted by Crippen LogP contribution is -2.09. The number of rotatable bonds is 7. The molecule has 0 atom stereocenters. The van der Waals surface area contributed by atoms with Crippen LogP contribution in [0.4, 0.5) is 5.69 Å². The fraction of sp³-hybridized carbons (Fsp3) is 0.211. The molecule has 0 aromatic heterocycles. The van der Waals surface area contributed by atoms with Crippen LogP contribution in [0.2, 0.25) is 10.0 Å². The Kier molecular flexibility index (Phi) is 7.16. The lowest BCUT2D eigenvalue weighted by molar-refractivity contribution is -0.111. The van der Waals surface area contributed by atoms with Crippen LogP contribution in [0, 0.1) is 0 Å². The minimum atomic E-state index is -0.257. The van der Waals surface area contributed by atoms with Gasteiger partial charge >= 0.3 is 0 Å². The number of benzene rings is 2.